The Balaban J connectivity index is 3.47. The predicted molar refractivity (Wildman–Crippen MR) is 136 cm³/mol. The summed E-state index contributed by atoms with van der Waals surface area (Å²) in [6.07, 6.45) is 26.7. The molecule has 0 spiro atoms. The summed E-state index contributed by atoms with van der Waals surface area (Å²) in [6.45, 7) is 6.73. The third-order valence-corrected chi connectivity index (χ3v) is 6.44. The number of esters is 1. The van der Waals surface area contributed by atoms with Crippen LogP contribution in [0, 0.1) is 0 Å². The van der Waals surface area contributed by atoms with Crippen LogP contribution in [-0.4, -0.2) is 44.2 Å². The molecule has 0 fully saturated rings. The summed E-state index contributed by atoms with van der Waals surface area (Å²) in [5.41, 5.74) is 0. The molecule has 0 aliphatic carbocycles. The van der Waals surface area contributed by atoms with E-state index >= 15 is 0 Å². The molecule has 0 heterocycles. The minimum absolute atomic E-state index is 0.0204. The first-order valence-corrected chi connectivity index (χ1v) is 14.0. The van der Waals surface area contributed by atoms with E-state index in [-0.39, 0.29) is 5.97 Å². The first kappa shape index (κ1) is 30.4. The molecule has 0 saturated carbocycles. The molecule has 31 heavy (non-hydrogen) atoms. The van der Waals surface area contributed by atoms with Crippen LogP contribution in [0.3, 0.4) is 0 Å². The van der Waals surface area contributed by atoms with Gasteiger partial charge >= 0.3 is 5.97 Å². The van der Waals surface area contributed by atoms with Crippen molar-refractivity contribution >= 4 is 5.97 Å². The second-order valence-electron chi connectivity index (χ2n) is 10.4. The van der Waals surface area contributed by atoms with Gasteiger partial charge in [-0.3, -0.25) is 0 Å². The van der Waals surface area contributed by atoms with Crippen molar-refractivity contribution in [3.63, 3.8) is 0 Å². The fourth-order valence-electron chi connectivity index (χ4n) is 4.28. The second kappa shape index (κ2) is 22.6. The van der Waals surface area contributed by atoms with Crippen LogP contribution in [-0.2, 0) is 9.53 Å². The van der Waals surface area contributed by atoms with E-state index in [1.165, 1.54) is 122 Å². The fourth-order valence-corrected chi connectivity index (χ4v) is 4.28. The van der Waals surface area contributed by atoms with E-state index in [9.17, 15) is 4.79 Å². The number of nitrogens with zero attached hydrogens (tertiary/aromatic N) is 1. The number of carbonyl (C=O) groups excluding carboxylic acids is 1. The highest BCUT2D eigenvalue weighted by molar-refractivity contribution is 5.70. The number of quaternary nitrogens is 1. The number of carbonyl (C=O) groups is 1. The van der Waals surface area contributed by atoms with E-state index in [1.807, 2.05) is 0 Å². The predicted octanol–water partition coefficient (Wildman–Crippen LogP) is 8.45. The molecule has 0 aromatic rings. The van der Waals surface area contributed by atoms with Crippen molar-refractivity contribution in [2.75, 3.05) is 33.8 Å². The van der Waals surface area contributed by atoms with Gasteiger partial charge in [0.2, 0.25) is 0 Å². The van der Waals surface area contributed by atoms with Crippen molar-refractivity contribution in [2.24, 2.45) is 0 Å². The topological polar surface area (TPSA) is 26.3 Å². The van der Waals surface area contributed by atoms with E-state index in [0.29, 0.717) is 13.2 Å². The Labute approximate surface area is 196 Å². The zero-order chi connectivity index (χ0) is 23.0. The van der Waals surface area contributed by atoms with Crippen LogP contribution in [0.4, 0.5) is 0 Å². The lowest BCUT2D eigenvalue weighted by molar-refractivity contribution is -0.883. The van der Waals surface area contributed by atoms with Crippen molar-refractivity contribution in [1.82, 2.24) is 0 Å². The fraction of sp³-hybridized carbons (Fsp3) is 0.964. The van der Waals surface area contributed by atoms with E-state index in [0.717, 1.165) is 17.4 Å². The molecule has 0 N–H and O–H groups in total. The molecule has 0 saturated heterocycles. The Morgan fingerprint density at radius 2 is 0.903 bits per heavy atom. The monoisotopic (exact) mass is 440 g/mol. The Bertz CT molecular complexity index is 381. The zero-order valence-corrected chi connectivity index (χ0v) is 22.0. The standard InChI is InChI=1S/C28H58NO2/c1-5-7-9-11-13-15-17-19-21-23-25-29(3,4)27-28(30)31-26-24-22-20-18-16-14-12-10-8-6-2/h5-27H2,1-4H3/q+1. The Hall–Kier alpha value is -0.570. The molecule has 0 atom stereocenters. The maximum Gasteiger partial charge on any atom is 0.361 e. The molecule has 0 aliphatic heterocycles. The van der Waals surface area contributed by atoms with Crippen molar-refractivity contribution in [3.05, 3.63) is 0 Å². The largest absolute Gasteiger partial charge is 0.462 e. The Morgan fingerprint density at radius 3 is 1.32 bits per heavy atom. The summed E-state index contributed by atoms with van der Waals surface area (Å²) >= 11 is 0. The number of ether oxygens (including phenoxy) is 1. The van der Waals surface area contributed by atoms with Crippen LogP contribution in [0.15, 0.2) is 0 Å². The number of hydrogen-bond donors (Lipinski definition) is 0. The minimum Gasteiger partial charge on any atom is -0.462 e. The summed E-state index contributed by atoms with van der Waals surface area (Å²) in [5.74, 6) is -0.0204. The van der Waals surface area contributed by atoms with Gasteiger partial charge in [0.15, 0.2) is 6.54 Å². The first-order chi connectivity index (χ1) is 15.0. The molecule has 3 nitrogen and oxygen atoms in total. The van der Waals surface area contributed by atoms with Crippen LogP contribution in [0.1, 0.15) is 142 Å². The number of likely N-dealkylation sites (N-methyl/N-ethyl adjacent to an activating group) is 1. The van der Waals surface area contributed by atoms with Crippen LogP contribution < -0.4 is 0 Å². The summed E-state index contributed by atoms with van der Waals surface area (Å²) in [7, 11) is 4.32. The molecule has 186 valence electrons. The molecule has 3 heteroatoms. The molecule has 0 amide bonds. The maximum atomic E-state index is 12.2. The van der Waals surface area contributed by atoms with Crippen LogP contribution in [0.25, 0.3) is 0 Å². The summed E-state index contributed by atoms with van der Waals surface area (Å²) in [5, 5.41) is 0. The molecular weight excluding hydrogens is 382 g/mol. The van der Waals surface area contributed by atoms with Crippen molar-refractivity contribution in [2.45, 2.75) is 142 Å². The quantitative estimate of drug-likeness (QED) is 0.0854. The van der Waals surface area contributed by atoms with Crippen LogP contribution >= 0.6 is 0 Å². The average molecular weight is 441 g/mol. The van der Waals surface area contributed by atoms with E-state index in [2.05, 4.69) is 27.9 Å². The van der Waals surface area contributed by atoms with Crippen LogP contribution in [0.2, 0.25) is 0 Å². The van der Waals surface area contributed by atoms with Gasteiger partial charge in [0.1, 0.15) is 0 Å². The summed E-state index contributed by atoms with van der Waals surface area (Å²) < 4.78 is 6.25. The molecular formula is C28H58NO2+. The van der Waals surface area contributed by atoms with Crippen molar-refractivity contribution < 1.29 is 14.0 Å². The lowest BCUT2D eigenvalue weighted by Gasteiger charge is -2.28. The van der Waals surface area contributed by atoms with Gasteiger partial charge in [0.05, 0.1) is 27.2 Å². The van der Waals surface area contributed by atoms with Gasteiger partial charge in [-0.2, -0.15) is 0 Å². The van der Waals surface area contributed by atoms with E-state index < -0.39 is 0 Å². The van der Waals surface area contributed by atoms with Gasteiger partial charge in [-0.05, 0) is 19.3 Å². The summed E-state index contributed by atoms with van der Waals surface area (Å²) in [4.78, 5) is 12.2. The Kier molecular flexibility index (Phi) is 22.2. The van der Waals surface area contributed by atoms with E-state index in [4.69, 9.17) is 4.74 Å². The SMILES string of the molecule is CCCCCCCCCCCCOC(=O)C[N+](C)(C)CCCCCCCCCCCC. The minimum atomic E-state index is -0.0204. The van der Waals surface area contributed by atoms with Gasteiger partial charge < -0.3 is 9.22 Å². The highest BCUT2D eigenvalue weighted by atomic mass is 16.5. The average Bonchev–Trinajstić information content (AvgIpc) is 2.73. The van der Waals surface area contributed by atoms with Gasteiger partial charge in [-0.15, -0.1) is 0 Å². The number of unbranched alkanes of at least 4 members (excludes halogenated alkanes) is 18. The molecule has 0 aliphatic rings. The molecule has 0 radical (unpaired) electrons. The van der Waals surface area contributed by atoms with Crippen LogP contribution in [0.5, 0.6) is 0 Å². The van der Waals surface area contributed by atoms with Crippen molar-refractivity contribution in [3.8, 4) is 0 Å². The number of rotatable bonds is 24. The molecule has 0 aromatic carbocycles. The lowest BCUT2D eigenvalue weighted by Crippen LogP contribution is -2.45. The zero-order valence-electron chi connectivity index (χ0n) is 22.0. The molecule has 0 bridgehead atoms. The van der Waals surface area contributed by atoms with Gasteiger partial charge in [0, 0.05) is 0 Å². The number of hydrogen-bond acceptors (Lipinski definition) is 2. The van der Waals surface area contributed by atoms with Gasteiger partial charge in [-0.25, -0.2) is 4.79 Å². The highest BCUT2D eigenvalue weighted by Gasteiger charge is 2.20. The van der Waals surface area contributed by atoms with Gasteiger partial charge in [-0.1, -0.05) is 123 Å². The molecule has 0 rings (SSSR count). The second-order valence-corrected chi connectivity index (χ2v) is 10.4. The highest BCUT2D eigenvalue weighted by Crippen LogP contribution is 2.12. The third kappa shape index (κ3) is 23.9. The Morgan fingerprint density at radius 1 is 0.548 bits per heavy atom. The van der Waals surface area contributed by atoms with Crippen molar-refractivity contribution in [1.29, 1.82) is 0 Å². The summed E-state index contributed by atoms with van der Waals surface area (Å²) in [6, 6.07) is 0. The first-order valence-electron chi connectivity index (χ1n) is 14.0. The molecule has 0 unspecified atom stereocenters. The maximum absolute atomic E-state index is 12.2. The lowest BCUT2D eigenvalue weighted by atomic mass is 10.1. The normalized spacial score (nSPS) is 11.7. The van der Waals surface area contributed by atoms with E-state index in [1.54, 1.807) is 0 Å². The van der Waals surface area contributed by atoms with Gasteiger partial charge in [0.25, 0.3) is 0 Å². The smallest absolute Gasteiger partial charge is 0.361 e. The third-order valence-electron chi connectivity index (χ3n) is 6.44. The molecule has 0 aromatic heterocycles.